The van der Waals surface area contributed by atoms with Crippen molar-refractivity contribution in [2.75, 3.05) is 17.7 Å². The maximum absolute atomic E-state index is 13.7. The van der Waals surface area contributed by atoms with Crippen LogP contribution in [0.25, 0.3) is 5.69 Å². The number of nitrogens with one attached hydrogen (secondary N) is 2. The van der Waals surface area contributed by atoms with Crippen molar-refractivity contribution in [2.24, 2.45) is 0 Å². The molecule has 0 aliphatic heterocycles. The minimum Gasteiger partial charge on any atom is -0.453 e. The number of nitrogens with zero attached hydrogens (tertiary/aromatic N) is 2. The van der Waals surface area contributed by atoms with Crippen LogP contribution in [0.15, 0.2) is 54.7 Å². The quantitative estimate of drug-likeness (QED) is 0.733. The van der Waals surface area contributed by atoms with Crippen LogP contribution >= 0.6 is 0 Å². The molecule has 27 heavy (non-hydrogen) atoms. The van der Waals surface area contributed by atoms with Crippen molar-refractivity contribution in [3.05, 3.63) is 72.1 Å². The predicted octanol–water partition coefficient (Wildman–Crippen LogP) is 3.58. The van der Waals surface area contributed by atoms with Crippen LogP contribution < -0.4 is 10.6 Å². The fourth-order valence-electron chi connectivity index (χ4n) is 2.24. The van der Waals surface area contributed by atoms with E-state index in [2.05, 4.69) is 20.5 Å². The number of hydrogen-bond donors (Lipinski definition) is 2. The lowest BCUT2D eigenvalue weighted by Gasteiger charge is -2.08. The molecule has 0 bridgehead atoms. The molecule has 0 aliphatic carbocycles. The summed E-state index contributed by atoms with van der Waals surface area (Å²) in [4.78, 5) is 23.6. The Morgan fingerprint density at radius 1 is 1.04 bits per heavy atom. The van der Waals surface area contributed by atoms with Gasteiger partial charge in [0.25, 0.3) is 5.91 Å². The molecule has 0 spiro atoms. The molecule has 0 fully saturated rings. The summed E-state index contributed by atoms with van der Waals surface area (Å²) in [5, 5.41) is 8.89. The van der Waals surface area contributed by atoms with E-state index in [1.165, 1.54) is 47.1 Å². The number of anilines is 2. The van der Waals surface area contributed by atoms with Gasteiger partial charge in [-0.2, -0.15) is 5.10 Å². The van der Waals surface area contributed by atoms with Gasteiger partial charge in [0.1, 0.15) is 11.6 Å². The van der Waals surface area contributed by atoms with Gasteiger partial charge in [0.2, 0.25) is 0 Å². The summed E-state index contributed by atoms with van der Waals surface area (Å²) in [7, 11) is 1.15. The summed E-state index contributed by atoms with van der Waals surface area (Å²) in [6, 6.07) is 10.8. The summed E-state index contributed by atoms with van der Waals surface area (Å²) in [6.07, 6.45) is 0.715. The predicted molar refractivity (Wildman–Crippen MR) is 93.9 cm³/mol. The summed E-state index contributed by atoms with van der Waals surface area (Å²) in [6.45, 7) is 0. The highest BCUT2D eigenvalue weighted by Gasteiger charge is 2.13. The second kappa shape index (κ2) is 7.65. The van der Waals surface area contributed by atoms with E-state index in [0.29, 0.717) is 5.69 Å². The topological polar surface area (TPSA) is 85.3 Å². The molecular formula is C18H14F2N4O3. The molecule has 2 amide bonds. The van der Waals surface area contributed by atoms with E-state index in [0.717, 1.165) is 13.2 Å². The summed E-state index contributed by atoms with van der Waals surface area (Å²) < 4.78 is 32.5. The van der Waals surface area contributed by atoms with Crippen LogP contribution in [0.1, 0.15) is 10.5 Å². The van der Waals surface area contributed by atoms with Gasteiger partial charge in [-0.15, -0.1) is 0 Å². The minimum absolute atomic E-state index is 0.103. The van der Waals surface area contributed by atoms with Crippen molar-refractivity contribution in [1.82, 2.24) is 9.78 Å². The largest absolute Gasteiger partial charge is 0.453 e. The van der Waals surface area contributed by atoms with Crippen molar-refractivity contribution in [1.29, 1.82) is 0 Å². The molecule has 0 aliphatic rings. The van der Waals surface area contributed by atoms with Crippen molar-refractivity contribution >= 4 is 23.4 Å². The van der Waals surface area contributed by atoms with Crippen LogP contribution in [0.4, 0.5) is 25.0 Å². The lowest BCUT2D eigenvalue weighted by Crippen LogP contribution is -2.15. The highest BCUT2D eigenvalue weighted by atomic mass is 19.1. The van der Waals surface area contributed by atoms with Crippen molar-refractivity contribution in [2.45, 2.75) is 0 Å². The normalized spacial score (nSPS) is 10.3. The average molecular weight is 372 g/mol. The number of halogens is 2. The van der Waals surface area contributed by atoms with Crippen LogP contribution in [0.3, 0.4) is 0 Å². The summed E-state index contributed by atoms with van der Waals surface area (Å²) in [5.74, 6) is -1.60. The third-order valence-electron chi connectivity index (χ3n) is 3.56. The van der Waals surface area contributed by atoms with Gasteiger partial charge < -0.3 is 10.1 Å². The molecule has 0 saturated carbocycles. The molecule has 1 heterocycles. The number of benzene rings is 2. The number of amides is 2. The Hall–Kier alpha value is -3.75. The zero-order valence-electron chi connectivity index (χ0n) is 14.1. The monoisotopic (exact) mass is 372 g/mol. The van der Waals surface area contributed by atoms with Crippen molar-refractivity contribution in [3.8, 4) is 5.69 Å². The fraction of sp³-hybridized carbons (Fsp3) is 0.0556. The van der Waals surface area contributed by atoms with Gasteiger partial charge in [0, 0.05) is 11.9 Å². The minimum atomic E-state index is -0.838. The molecule has 3 rings (SSSR count). The number of rotatable bonds is 4. The average Bonchev–Trinajstić information content (AvgIpc) is 3.15. The van der Waals surface area contributed by atoms with Gasteiger partial charge in [0.15, 0.2) is 5.69 Å². The lowest BCUT2D eigenvalue weighted by atomic mass is 10.2. The molecule has 0 atom stereocenters. The van der Waals surface area contributed by atoms with E-state index >= 15 is 0 Å². The Morgan fingerprint density at radius 2 is 1.78 bits per heavy atom. The molecular weight excluding hydrogens is 358 g/mol. The number of carbonyl (C=O) groups is 2. The Bertz CT molecular complexity index is 987. The van der Waals surface area contributed by atoms with Crippen molar-refractivity contribution in [3.63, 3.8) is 0 Å². The van der Waals surface area contributed by atoms with E-state index in [4.69, 9.17) is 0 Å². The zero-order chi connectivity index (χ0) is 19.4. The molecule has 138 valence electrons. The Morgan fingerprint density at radius 3 is 2.48 bits per heavy atom. The second-order valence-corrected chi connectivity index (χ2v) is 5.39. The lowest BCUT2D eigenvalue weighted by molar-refractivity contribution is 0.102. The third-order valence-corrected chi connectivity index (χ3v) is 3.56. The SMILES string of the molecule is COC(=O)Nc1cc(NC(=O)c2ccn(-c3ccc(F)cc3)n2)ccc1F. The molecule has 0 radical (unpaired) electrons. The van der Waals surface area contributed by atoms with Gasteiger partial charge in [-0.3, -0.25) is 10.1 Å². The molecule has 0 unspecified atom stereocenters. The number of carbonyl (C=O) groups excluding carboxylic acids is 2. The maximum Gasteiger partial charge on any atom is 0.411 e. The fourth-order valence-corrected chi connectivity index (χ4v) is 2.24. The first kappa shape index (κ1) is 18.1. The van der Waals surface area contributed by atoms with Crippen LogP contribution in [-0.4, -0.2) is 28.9 Å². The number of aromatic nitrogens is 2. The Kier molecular flexibility index (Phi) is 5.11. The van der Waals surface area contributed by atoms with E-state index in [-0.39, 0.29) is 22.9 Å². The molecule has 0 saturated heterocycles. The molecule has 9 heteroatoms. The van der Waals surface area contributed by atoms with E-state index in [1.54, 1.807) is 6.20 Å². The zero-order valence-corrected chi connectivity index (χ0v) is 14.1. The number of methoxy groups -OCH3 is 1. The van der Waals surface area contributed by atoms with Gasteiger partial charge in [0.05, 0.1) is 18.5 Å². The highest BCUT2D eigenvalue weighted by molar-refractivity contribution is 6.03. The summed E-state index contributed by atoms with van der Waals surface area (Å²) >= 11 is 0. The van der Waals surface area contributed by atoms with Gasteiger partial charge >= 0.3 is 6.09 Å². The van der Waals surface area contributed by atoms with Crippen molar-refractivity contribution < 1.29 is 23.1 Å². The molecule has 3 aromatic rings. The first-order chi connectivity index (χ1) is 13.0. The van der Waals surface area contributed by atoms with Crippen LogP contribution in [0.2, 0.25) is 0 Å². The maximum atomic E-state index is 13.7. The smallest absolute Gasteiger partial charge is 0.411 e. The Balaban J connectivity index is 1.75. The van der Waals surface area contributed by atoms with Crippen LogP contribution in [-0.2, 0) is 4.74 Å². The van der Waals surface area contributed by atoms with E-state index in [1.807, 2.05) is 0 Å². The van der Waals surface area contributed by atoms with E-state index < -0.39 is 17.8 Å². The highest BCUT2D eigenvalue weighted by Crippen LogP contribution is 2.20. The molecule has 2 aromatic carbocycles. The second-order valence-electron chi connectivity index (χ2n) is 5.39. The van der Waals surface area contributed by atoms with Gasteiger partial charge in [-0.05, 0) is 48.5 Å². The van der Waals surface area contributed by atoms with E-state index in [9.17, 15) is 18.4 Å². The summed E-state index contributed by atoms with van der Waals surface area (Å²) in [5.41, 5.74) is 0.800. The van der Waals surface area contributed by atoms with Gasteiger partial charge in [-0.1, -0.05) is 0 Å². The molecule has 2 N–H and O–H groups in total. The number of hydrogen-bond acceptors (Lipinski definition) is 4. The van der Waals surface area contributed by atoms with Crippen LogP contribution in [0.5, 0.6) is 0 Å². The first-order valence-electron chi connectivity index (χ1n) is 7.74. The van der Waals surface area contributed by atoms with Crippen LogP contribution in [0, 0.1) is 11.6 Å². The van der Waals surface area contributed by atoms with Gasteiger partial charge in [-0.25, -0.2) is 18.3 Å². The standard InChI is InChI=1S/C18H14F2N4O3/c1-27-18(26)22-16-10-12(4-7-14(16)20)21-17(25)15-8-9-24(23-15)13-5-2-11(19)3-6-13/h2-10H,1H3,(H,21,25)(H,22,26). The Labute approximate surface area is 152 Å². The third kappa shape index (κ3) is 4.27. The first-order valence-corrected chi connectivity index (χ1v) is 7.74. The number of ether oxygens (including phenoxy) is 1. The molecule has 1 aromatic heterocycles. The molecule has 7 nitrogen and oxygen atoms in total.